The monoisotopic (exact) mass is 455 g/mol. The van der Waals surface area contributed by atoms with Crippen molar-refractivity contribution >= 4 is 34.3 Å². The van der Waals surface area contributed by atoms with E-state index in [0.717, 1.165) is 18.4 Å². The number of H-pyrrole nitrogens is 1. The third-order valence-corrected chi connectivity index (χ3v) is 6.03. The molecule has 2 aromatic rings. The van der Waals surface area contributed by atoms with Gasteiger partial charge in [-0.1, -0.05) is 25.1 Å². The predicted molar refractivity (Wildman–Crippen MR) is 124 cm³/mol. The number of rotatable bonds is 6. The van der Waals surface area contributed by atoms with Crippen molar-refractivity contribution in [3.63, 3.8) is 0 Å². The fraction of sp³-hybridized carbons (Fsp3) is 0.375. The number of nitrogens with one attached hydrogen (secondary N) is 2. The minimum atomic E-state index is -1.26. The van der Waals surface area contributed by atoms with Crippen LogP contribution in [0.15, 0.2) is 42.6 Å². The van der Waals surface area contributed by atoms with Gasteiger partial charge in [-0.2, -0.15) is 0 Å². The van der Waals surface area contributed by atoms with Gasteiger partial charge in [0.2, 0.25) is 5.91 Å². The molecule has 0 fully saturated rings. The second-order valence-corrected chi connectivity index (χ2v) is 8.24. The van der Waals surface area contributed by atoms with Gasteiger partial charge in [0.25, 0.3) is 0 Å². The molecule has 176 valence electrons. The quantitative estimate of drug-likeness (QED) is 0.417. The average Bonchev–Trinajstić information content (AvgIpc) is 3.21. The highest BCUT2D eigenvalue weighted by molar-refractivity contribution is 5.99. The fourth-order valence-corrected chi connectivity index (χ4v) is 4.34. The molecule has 4 rings (SSSR count). The second-order valence-electron chi connectivity index (χ2n) is 8.24. The molecule has 3 atom stereocenters. The summed E-state index contributed by atoms with van der Waals surface area (Å²) in [4.78, 5) is 37.4. The van der Waals surface area contributed by atoms with E-state index >= 15 is 0 Å². The van der Waals surface area contributed by atoms with Crippen LogP contribution in [-0.4, -0.2) is 75.3 Å². The van der Waals surface area contributed by atoms with Gasteiger partial charge in [-0.3, -0.25) is 9.69 Å². The maximum absolute atomic E-state index is 12.7. The van der Waals surface area contributed by atoms with Crippen LogP contribution in [0.2, 0.25) is 0 Å². The lowest BCUT2D eigenvalue weighted by Crippen LogP contribution is -2.48. The molecule has 5 N–H and O–H groups in total. The first-order chi connectivity index (χ1) is 15.7. The smallest absolute Gasteiger partial charge is 0.328 e. The summed E-state index contributed by atoms with van der Waals surface area (Å²) in [5.74, 6) is -2.70. The first-order valence-electron chi connectivity index (χ1n) is 10.8. The summed E-state index contributed by atoms with van der Waals surface area (Å²) in [5.41, 5.74) is 5.01. The number of carboxylic acid groups (broad SMARTS) is 2. The van der Waals surface area contributed by atoms with Crippen LogP contribution in [0, 0.1) is 5.92 Å². The molecule has 0 bridgehead atoms. The molecule has 0 saturated carbocycles. The molecular formula is C24H29N3O6. The first-order valence-corrected chi connectivity index (χ1v) is 10.8. The summed E-state index contributed by atoms with van der Waals surface area (Å²) in [6.07, 6.45) is 7.09. The third-order valence-electron chi connectivity index (χ3n) is 6.03. The molecule has 1 aliphatic carbocycles. The van der Waals surface area contributed by atoms with Gasteiger partial charge in [0.1, 0.15) is 0 Å². The number of aliphatic carboxylic acids is 2. The van der Waals surface area contributed by atoms with Gasteiger partial charge in [0.15, 0.2) is 0 Å². The minimum Gasteiger partial charge on any atom is -0.478 e. The van der Waals surface area contributed by atoms with Crippen molar-refractivity contribution in [1.29, 1.82) is 0 Å². The lowest BCUT2D eigenvalue weighted by molar-refractivity contribution is -0.134. The van der Waals surface area contributed by atoms with Crippen molar-refractivity contribution in [3.05, 3.63) is 53.8 Å². The van der Waals surface area contributed by atoms with E-state index in [9.17, 15) is 19.5 Å². The standard InChI is InChI=1S/C20H25N3O2.C4H4O4/c1-3-14(11-24)22-20(25)13-7-16-15-5-4-6-17-19(15)12(9-21-17)8-18(16)23(2)10-13;5-3(6)1-2-4(7)8/h4-7,9,13-14,18,21,24H,3,8,10-11H2,1-2H3,(H,22,25);1-2H,(H,5,6)(H,7,8)/b;2-1-. The first kappa shape index (κ1) is 24.2. The number of aliphatic hydroxyl groups excluding tert-OH is 1. The Hall–Kier alpha value is -3.43. The Morgan fingerprint density at radius 3 is 2.55 bits per heavy atom. The number of aliphatic hydroxyl groups is 1. The number of nitrogens with zero attached hydrogens (tertiary/aromatic N) is 1. The summed E-state index contributed by atoms with van der Waals surface area (Å²) < 4.78 is 0. The van der Waals surface area contributed by atoms with Gasteiger partial charge in [0, 0.05) is 41.8 Å². The topological polar surface area (TPSA) is 143 Å². The number of carboxylic acids is 2. The normalized spacial score (nSPS) is 20.4. The third kappa shape index (κ3) is 5.50. The highest BCUT2D eigenvalue weighted by Crippen LogP contribution is 2.40. The Morgan fingerprint density at radius 1 is 1.24 bits per heavy atom. The van der Waals surface area contributed by atoms with Crippen molar-refractivity contribution in [2.45, 2.75) is 31.8 Å². The maximum atomic E-state index is 12.7. The van der Waals surface area contributed by atoms with Crippen LogP contribution in [0.3, 0.4) is 0 Å². The molecule has 3 unspecified atom stereocenters. The number of hydrogen-bond acceptors (Lipinski definition) is 5. The van der Waals surface area contributed by atoms with Crippen molar-refractivity contribution < 1.29 is 29.7 Å². The zero-order valence-corrected chi connectivity index (χ0v) is 18.6. The van der Waals surface area contributed by atoms with Crippen molar-refractivity contribution in [3.8, 4) is 0 Å². The second kappa shape index (κ2) is 10.5. The van der Waals surface area contributed by atoms with E-state index in [0.29, 0.717) is 24.7 Å². The summed E-state index contributed by atoms with van der Waals surface area (Å²) >= 11 is 0. The molecule has 33 heavy (non-hydrogen) atoms. The molecule has 0 saturated heterocycles. The molecule has 1 aromatic heterocycles. The Bertz CT molecular complexity index is 1080. The number of benzene rings is 1. The number of amides is 1. The van der Waals surface area contributed by atoms with E-state index < -0.39 is 11.9 Å². The average molecular weight is 456 g/mol. The van der Waals surface area contributed by atoms with E-state index in [2.05, 4.69) is 52.7 Å². The highest BCUT2D eigenvalue weighted by atomic mass is 16.4. The zero-order valence-electron chi connectivity index (χ0n) is 18.6. The molecule has 1 aliphatic heterocycles. The molecule has 2 heterocycles. The van der Waals surface area contributed by atoms with Gasteiger partial charge >= 0.3 is 11.9 Å². The number of aromatic nitrogens is 1. The molecule has 9 heteroatoms. The minimum absolute atomic E-state index is 0.00532. The Kier molecular flexibility index (Phi) is 7.67. The van der Waals surface area contributed by atoms with Crippen LogP contribution < -0.4 is 5.32 Å². The van der Waals surface area contributed by atoms with E-state index in [1.165, 1.54) is 22.1 Å². The zero-order chi connectivity index (χ0) is 24.1. The Morgan fingerprint density at radius 2 is 1.94 bits per heavy atom. The van der Waals surface area contributed by atoms with E-state index in [1.54, 1.807) is 0 Å². The number of hydrogen-bond donors (Lipinski definition) is 5. The highest BCUT2D eigenvalue weighted by Gasteiger charge is 2.35. The lowest BCUT2D eigenvalue weighted by atomic mass is 9.80. The Balaban J connectivity index is 0.000000331. The van der Waals surface area contributed by atoms with Crippen molar-refractivity contribution in [2.24, 2.45) is 5.92 Å². The number of aromatic amines is 1. The number of carbonyl (C=O) groups excluding carboxylic acids is 1. The van der Waals surface area contributed by atoms with Crippen LogP contribution in [0.5, 0.6) is 0 Å². The molecule has 9 nitrogen and oxygen atoms in total. The summed E-state index contributed by atoms with van der Waals surface area (Å²) in [6, 6.07) is 6.49. The van der Waals surface area contributed by atoms with Gasteiger partial charge in [-0.25, -0.2) is 9.59 Å². The van der Waals surface area contributed by atoms with Crippen LogP contribution >= 0.6 is 0 Å². The van der Waals surface area contributed by atoms with Gasteiger partial charge in [-0.15, -0.1) is 0 Å². The largest absolute Gasteiger partial charge is 0.478 e. The van der Waals surface area contributed by atoms with Crippen LogP contribution in [-0.2, 0) is 20.8 Å². The van der Waals surface area contributed by atoms with Crippen LogP contribution in [0.1, 0.15) is 24.5 Å². The van der Waals surface area contributed by atoms with Gasteiger partial charge in [0.05, 0.1) is 18.6 Å². The summed E-state index contributed by atoms with van der Waals surface area (Å²) in [6.45, 7) is 2.66. The molecule has 1 aromatic carbocycles. The predicted octanol–water partition coefficient (Wildman–Crippen LogP) is 1.64. The fourth-order valence-electron chi connectivity index (χ4n) is 4.34. The summed E-state index contributed by atoms with van der Waals surface area (Å²) in [7, 11) is 2.10. The van der Waals surface area contributed by atoms with E-state index in [-0.39, 0.29) is 24.5 Å². The number of carbonyl (C=O) groups is 3. The van der Waals surface area contributed by atoms with E-state index in [1.807, 2.05) is 6.92 Å². The SMILES string of the molecule is CCC(CO)NC(=O)C1C=C2c3cccc4[nH]cc(c34)CC2N(C)C1.O=C(O)/C=C\C(=O)O. The maximum Gasteiger partial charge on any atom is 0.328 e. The molecule has 1 amide bonds. The van der Waals surface area contributed by atoms with Crippen LogP contribution in [0.25, 0.3) is 16.5 Å². The van der Waals surface area contributed by atoms with Gasteiger partial charge in [-0.05, 0) is 42.7 Å². The molecule has 0 radical (unpaired) electrons. The number of likely N-dealkylation sites (N-methyl/N-ethyl adjacent to an activating group) is 1. The van der Waals surface area contributed by atoms with Gasteiger partial charge < -0.3 is 25.6 Å². The lowest BCUT2D eigenvalue weighted by Gasteiger charge is -2.39. The van der Waals surface area contributed by atoms with Crippen molar-refractivity contribution in [2.75, 3.05) is 20.2 Å². The Labute approximate surface area is 191 Å². The van der Waals surface area contributed by atoms with Crippen LogP contribution in [0.4, 0.5) is 0 Å². The molecular weight excluding hydrogens is 426 g/mol. The number of fused-ring (bicyclic) bond motifs is 2. The van der Waals surface area contributed by atoms with E-state index in [4.69, 9.17) is 10.2 Å². The summed E-state index contributed by atoms with van der Waals surface area (Å²) in [5, 5.41) is 29.2. The van der Waals surface area contributed by atoms with Crippen molar-refractivity contribution in [1.82, 2.24) is 15.2 Å². The molecule has 2 aliphatic rings. The molecule has 0 spiro atoms.